The lowest BCUT2D eigenvalue weighted by Gasteiger charge is -2.07. The second-order valence-corrected chi connectivity index (χ2v) is 4.64. The Balaban J connectivity index is 2.07. The molecule has 0 aromatic heterocycles. The Labute approximate surface area is 124 Å². The molecule has 22 heavy (non-hydrogen) atoms. The van der Waals surface area contributed by atoms with Crippen LogP contribution in [0.1, 0.15) is 22.3 Å². The molecule has 0 saturated carbocycles. The van der Waals surface area contributed by atoms with Gasteiger partial charge in [0.25, 0.3) is 0 Å². The minimum absolute atomic E-state index is 0.201. The topological polar surface area (TPSA) is 24.7 Å². The van der Waals surface area contributed by atoms with Crippen molar-refractivity contribution >= 4 is 12.4 Å². The fourth-order valence-electron chi connectivity index (χ4n) is 1.69. The van der Waals surface area contributed by atoms with Crippen LogP contribution in [0.3, 0.4) is 0 Å². The first-order valence-electron chi connectivity index (χ1n) is 6.36. The second-order valence-electron chi connectivity index (χ2n) is 4.64. The van der Waals surface area contributed by atoms with Crippen molar-refractivity contribution in [3.05, 3.63) is 70.5 Å². The van der Waals surface area contributed by atoms with Crippen LogP contribution in [0.4, 0.5) is 17.6 Å². The Hall–Kier alpha value is -2.50. The van der Waals surface area contributed by atoms with Gasteiger partial charge in [-0.05, 0) is 30.2 Å². The summed E-state index contributed by atoms with van der Waals surface area (Å²) in [6.45, 7) is 1.96. The molecule has 0 bridgehead atoms. The molecule has 0 aliphatic rings. The normalized spacial score (nSPS) is 12.4. The van der Waals surface area contributed by atoms with Crippen LogP contribution >= 0.6 is 0 Å². The number of aryl methyl sites for hydroxylation is 1. The average molecular weight is 308 g/mol. The van der Waals surface area contributed by atoms with Gasteiger partial charge in [-0.3, -0.25) is 0 Å². The molecule has 0 aliphatic carbocycles. The van der Waals surface area contributed by atoms with E-state index in [1.54, 1.807) is 0 Å². The van der Waals surface area contributed by atoms with Crippen LogP contribution in [0.15, 0.2) is 52.7 Å². The zero-order valence-electron chi connectivity index (χ0n) is 11.6. The van der Waals surface area contributed by atoms with E-state index in [1.165, 1.54) is 12.4 Å². The number of hydrogen-bond acceptors (Lipinski definition) is 2. The maximum Gasteiger partial charge on any atom is 0.419 e. The van der Waals surface area contributed by atoms with Gasteiger partial charge in [0.2, 0.25) is 0 Å². The van der Waals surface area contributed by atoms with Crippen LogP contribution < -0.4 is 0 Å². The van der Waals surface area contributed by atoms with Gasteiger partial charge in [-0.15, -0.1) is 0 Å². The smallest absolute Gasteiger partial charge is 0.206 e. The molecular formula is C16H12F4N2. The summed E-state index contributed by atoms with van der Waals surface area (Å²) in [5.41, 5.74) is 0.849. The highest BCUT2D eigenvalue weighted by Gasteiger charge is 2.33. The zero-order valence-corrected chi connectivity index (χ0v) is 11.6. The predicted molar refractivity (Wildman–Crippen MR) is 77.8 cm³/mol. The van der Waals surface area contributed by atoms with E-state index >= 15 is 0 Å². The summed E-state index contributed by atoms with van der Waals surface area (Å²) < 4.78 is 50.6. The third-order valence-electron chi connectivity index (χ3n) is 2.86. The van der Waals surface area contributed by atoms with Gasteiger partial charge in [0.1, 0.15) is 5.82 Å². The number of halogens is 4. The molecule has 0 spiro atoms. The molecule has 0 saturated heterocycles. The van der Waals surface area contributed by atoms with E-state index in [4.69, 9.17) is 0 Å². The van der Waals surface area contributed by atoms with E-state index < -0.39 is 17.6 Å². The number of alkyl halides is 3. The number of hydrogen-bond donors (Lipinski definition) is 0. The summed E-state index contributed by atoms with van der Waals surface area (Å²) in [4.78, 5) is 0. The molecule has 0 atom stereocenters. The van der Waals surface area contributed by atoms with Gasteiger partial charge in [0.15, 0.2) is 0 Å². The molecule has 0 fully saturated rings. The first-order valence-corrected chi connectivity index (χ1v) is 6.36. The summed E-state index contributed by atoms with van der Waals surface area (Å²) in [5, 5.41) is 7.46. The van der Waals surface area contributed by atoms with Crippen molar-refractivity contribution in [1.29, 1.82) is 0 Å². The van der Waals surface area contributed by atoms with Crippen molar-refractivity contribution in [2.75, 3.05) is 0 Å². The lowest BCUT2D eigenvalue weighted by atomic mass is 10.1. The Bertz CT molecular complexity index is 701. The largest absolute Gasteiger partial charge is 0.419 e. The highest BCUT2D eigenvalue weighted by atomic mass is 19.4. The molecule has 114 valence electrons. The van der Waals surface area contributed by atoms with Crippen molar-refractivity contribution in [1.82, 2.24) is 0 Å². The van der Waals surface area contributed by atoms with E-state index in [0.29, 0.717) is 6.07 Å². The van der Waals surface area contributed by atoms with E-state index in [1.807, 2.05) is 31.2 Å². The van der Waals surface area contributed by atoms with Gasteiger partial charge in [-0.1, -0.05) is 35.9 Å². The molecule has 2 rings (SSSR count). The molecule has 0 N–H and O–H groups in total. The van der Waals surface area contributed by atoms with Crippen molar-refractivity contribution < 1.29 is 17.6 Å². The van der Waals surface area contributed by atoms with Gasteiger partial charge in [0, 0.05) is 0 Å². The molecule has 0 heterocycles. The molecule has 2 aromatic carbocycles. The number of rotatable bonds is 3. The summed E-state index contributed by atoms with van der Waals surface area (Å²) in [5.74, 6) is -1.33. The maximum absolute atomic E-state index is 13.3. The van der Waals surface area contributed by atoms with E-state index in [9.17, 15) is 17.6 Å². The quantitative estimate of drug-likeness (QED) is 0.449. The Morgan fingerprint density at radius 3 is 1.95 bits per heavy atom. The molecule has 2 nitrogen and oxygen atoms in total. The highest BCUT2D eigenvalue weighted by Crippen LogP contribution is 2.31. The second kappa shape index (κ2) is 6.51. The Kier molecular flexibility index (Phi) is 4.70. The Morgan fingerprint density at radius 1 is 0.864 bits per heavy atom. The standard InChI is InChI=1S/C16H12F4N2/c1-11-2-4-12(5-3-11)9-21-22-10-13-6-7-14(15(17)8-13)16(18,19)20/h2-10H,1H3/b21-9+,22-10+. The first-order chi connectivity index (χ1) is 10.4. The van der Waals surface area contributed by atoms with E-state index in [2.05, 4.69) is 10.2 Å². The fraction of sp³-hybridized carbons (Fsp3) is 0.125. The molecule has 0 unspecified atom stereocenters. The minimum Gasteiger partial charge on any atom is -0.206 e. The van der Waals surface area contributed by atoms with Gasteiger partial charge >= 0.3 is 6.18 Å². The maximum atomic E-state index is 13.3. The number of benzene rings is 2. The highest BCUT2D eigenvalue weighted by molar-refractivity contribution is 5.82. The van der Waals surface area contributed by atoms with Gasteiger partial charge in [0.05, 0.1) is 18.0 Å². The zero-order chi connectivity index (χ0) is 16.2. The fourth-order valence-corrected chi connectivity index (χ4v) is 1.69. The van der Waals surface area contributed by atoms with Crippen LogP contribution in [-0.2, 0) is 6.18 Å². The van der Waals surface area contributed by atoms with E-state index in [-0.39, 0.29) is 5.56 Å². The van der Waals surface area contributed by atoms with Gasteiger partial charge < -0.3 is 0 Å². The van der Waals surface area contributed by atoms with Crippen molar-refractivity contribution in [3.8, 4) is 0 Å². The third-order valence-corrected chi connectivity index (χ3v) is 2.86. The third kappa shape index (κ3) is 4.25. The minimum atomic E-state index is -4.71. The molecule has 0 radical (unpaired) electrons. The average Bonchev–Trinajstić information content (AvgIpc) is 2.44. The summed E-state index contributed by atoms with van der Waals surface area (Å²) >= 11 is 0. The van der Waals surface area contributed by atoms with Crippen molar-refractivity contribution in [3.63, 3.8) is 0 Å². The molecule has 0 aliphatic heterocycles. The van der Waals surface area contributed by atoms with Crippen molar-refractivity contribution in [2.45, 2.75) is 13.1 Å². The first kappa shape index (κ1) is 15.9. The molecule has 2 aromatic rings. The van der Waals surface area contributed by atoms with Gasteiger partial charge in [-0.2, -0.15) is 23.4 Å². The monoisotopic (exact) mass is 308 g/mol. The lowest BCUT2D eigenvalue weighted by molar-refractivity contribution is -0.140. The predicted octanol–water partition coefficient (Wildman–Crippen LogP) is 4.61. The molecular weight excluding hydrogens is 296 g/mol. The summed E-state index contributed by atoms with van der Waals surface area (Å²) in [6, 6.07) is 10.1. The van der Waals surface area contributed by atoms with Crippen LogP contribution in [0.5, 0.6) is 0 Å². The number of nitrogens with zero attached hydrogens (tertiary/aromatic N) is 2. The van der Waals surface area contributed by atoms with Crippen LogP contribution in [0.2, 0.25) is 0 Å². The SMILES string of the molecule is Cc1ccc(/C=N/N=C/c2ccc(C(F)(F)F)c(F)c2)cc1. The van der Waals surface area contributed by atoms with Gasteiger partial charge in [-0.25, -0.2) is 4.39 Å². The van der Waals surface area contributed by atoms with Crippen LogP contribution in [0, 0.1) is 12.7 Å². The summed E-state index contributed by atoms with van der Waals surface area (Å²) in [6.07, 6.45) is -2.02. The Morgan fingerprint density at radius 2 is 1.41 bits per heavy atom. The molecule has 0 amide bonds. The van der Waals surface area contributed by atoms with Crippen LogP contribution in [0.25, 0.3) is 0 Å². The van der Waals surface area contributed by atoms with Crippen molar-refractivity contribution in [2.24, 2.45) is 10.2 Å². The van der Waals surface area contributed by atoms with E-state index in [0.717, 1.165) is 23.3 Å². The van der Waals surface area contributed by atoms with Crippen LogP contribution in [-0.4, -0.2) is 12.4 Å². The summed E-state index contributed by atoms with van der Waals surface area (Å²) in [7, 11) is 0. The lowest BCUT2D eigenvalue weighted by Crippen LogP contribution is -2.08. The molecule has 6 heteroatoms.